The summed E-state index contributed by atoms with van der Waals surface area (Å²) in [6.07, 6.45) is 1.12. The maximum absolute atomic E-state index is 12.6. The van der Waals surface area contributed by atoms with E-state index in [1.165, 1.54) is 0 Å². The third-order valence-electron chi connectivity index (χ3n) is 4.24. The highest BCUT2D eigenvalue weighted by Crippen LogP contribution is 2.18. The summed E-state index contributed by atoms with van der Waals surface area (Å²) in [6.45, 7) is 0.769. The number of thiocarbonyl (C=S) groups is 1. The van der Waals surface area contributed by atoms with E-state index in [2.05, 4.69) is 10.6 Å². The van der Waals surface area contributed by atoms with Gasteiger partial charge in [-0.3, -0.25) is 14.9 Å². The van der Waals surface area contributed by atoms with Gasteiger partial charge in [0.05, 0.1) is 12.2 Å². The number of rotatable bonds is 9. The molecule has 30 heavy (non-hydrogen) atoms. The predicted molar refractivity (Wildman–Crippen MR) is 121 cm³/mol. The summed E-state index contributed by atoms with van der Waals surface area (Å²) in [4.78, 5) is 25.8. The van der Waals surface area contributed by atoms with Crippen molar-refractivity contribution in [3.05, 3.63) is 59.7 Å². The van der Waals surface area contributed by atoms with E-state index in [4.69, 9.17) is 21.7 Å². The van der Waals surface area contributed by atoms with Crippen LogP contribution in [0.2, 0.25) is 0 Å². The van der Waals surface area contributed by atoms with Crippen LogP contribution in [0.15, 0.2) is 48.5 Å². The average molecular weight is 430 g/mol. The maximum atomic E-state index is 12.6. The monoisotopic (exact) mass is 429 g/mol. The molecule has 2 aromatic rings. The van der Waals surface area contributed by atoms with Gasteiger partial charge in [0.2, 0.25) is 5.91 Å². The summed E-state index contributed by atoms with van der Waals surface area (Å²) >= 11 is 5.25. The van der Waals surface area contributed by atoms with Gasteiger partial charge in [-0.05, 0) is 48.5 Å². The summed E-state index contributed by atoms with van der Waals surface area (Å²) in [5.74, 6) is 0.193. The zero-order chi connectivity index (χ0) is 21.9. The molecule has 8 heteroatoms. The van der Waals surface area contributed by atoms with E-state index < -0.39 is 0 Å². The zero-order valence-electron chi connectivity index (χ0n) is 17.4. The Morgan fingerprint density at radius 3 is 2.40 bits per heavy atom. The molecule has 0 aromatic heterocycles. The largest absolute Gasteiger partial charge is 0.490 e. The highest BCUT2D eigenvalue weighted by Gasteiger charge is 2.13. The minimum Gasteiger partial charge on any atom is -0.490 e. The van der Waals surface area contributed by atoms with E-state index in [9.17, 15) is 9.59 Å². The van der Waals surface area contributed by atoms with Crippen molar-refractivity contribution >= 4 is 34.8 Å². The Labute approximate surface area is 182 Å². The van der Waals surface area contributed by atoms with Gasteiger partial charge in [0.1, 0.15) is 12.4 Å². The van der Waals surface area contributed by atoms with Crippen molar-refractivity contribution in [1.82, 2.24) is 10.2 Å². The van der Waals surface area contributed by atoms with Crippen LogP contribution in [0.1, 0.15) is 22.3 Å². The highest BCUT2D eigenvalue weighted by molar-refractivity contribution is 7.80. The molecule has 2 rings (SSSR count). The van der Waals surface area contributed by atoms with Crippen molar-refractivity contribution in [3.8, 4) is 5.75 Å². The molecular weight excluding hydrogens is 402 g/mol. The fraction of sp³-hybridized carbons (Fsp3) is 0.318. The molecule has 2 N–H and O–H groups in total. The van der Waals surface area contributed by atoms with Crippen LogP contribution in [0.4, 0.5) is 5.69 Å². The number of para-hydroxylation sites is 1. The lowest BCUT2D eigenvalue weighted by atomic mass is 10.1. The van der Waals surface area contributed by atoms with Crippen molar-refractivity contribution in [2.75, 3.05) is 39.7 Å². The van der Waals surface area contributed by atoms with E-state index >= 15 is 0 Å². The van der Waals surface area contributed by atoms with Gasteiger partial charge in [0.25, 0.3) is 5.91 Å². The molecule has 2 aromatic carbocycles. The minimum absolute atomic E-state index is 0.0903. The Hall–Kier alpha value is -2.97. The zero-order valence-corrected chi connectivity index (χ0v) is 18.3. The molecule has 7 nitrogen and oxygen atoms in total. The molecule has 160 valence electrons. The standard InChI is InChI=1S/C22H27N3O4S/c1-25(2)20(26)13-10-16-8-11-17(12-9-16)23-22(30)24-21(27)18-6-4-5-7-19(18)29-15-14-28-3/h4-9,11-12H,10,13-15H2,1-3H3,(H2,23,24,27,30). The predicted octanol–water partition coefficient (Wildman–Crippen LogP) is 2.86. The van der Waals surface area contributed by atoms with Gasteiger partial charge in [0, 0.05) is 33.3 Å². The second-order valence-corrected chi connectivity index (χ2v) is 7.14. The highest BCUT2D eigenvalue weighted by atomic mass is 32.1. The van der Waals surface area contributed by atoms with Crippen LogP contribution in [-0.4, -0.2) is 56.2 Å². The van der Waals surface area contributed by atoms with Gasteiger partial charge in [-0.15, -0.1) is 0 Å². The number of anilines is 1. The fourth-order valence-corrected chi connectivity index (χ4v) is 2.79. The van der Waals surface area contributed by atoms with Gasteiger partial charge in [-0.25, -0.2) is 0 Å². The minimum atomic E-state index is -0.362. The average Bonchev–Trinajstić information content (AvgIpc) is 2.73. The molecular formula is C22H27N3O4S. The second-order valence-electron chi connectivity index (χ2n) is 6.73. The number of methoxy groups -OCH3 is 1. The summed E-state index contributed by atoms with van der Waals surface area (Å²) in [7, 11) is 5.07. The quantitative estimate of drug-likeness (QED) is 0.471. The molecule has 0 spiro atoms. The van der Waals surface area contributed by atoms with E-state index in [0.29, 0.717) is 37.4 Å². The van der Waals surface area contributed by atoms with Crippen LogP contribution in [0, 0.1) is 0 Å². The van der Waals surface area contributed by atoms with E-state index in [1.807, 2.05) is 24.3 Å². The van der Waals surface area contributed by atoms with E-state index in [0.717, 1.165) is 11.3 Å². The summed E-state index contributed by atoms with van der Waals surface area (Å²) < 4.78 is 10.6. The van der Waals surface area contributed by atoms with Gasteiger partial charge < -0.3 is 19.7 Å². The molecule has 0 bridgehead atoms. The third kappa shape index (κ3) is 7.46. The molecule has 0 aliphatic carbocycles. The van der Waals surface area contributed by atoms with Crippen LogP contribution in [-0.2, 0) is 16.0 Å². The van der Waals surface area contributed by atoms with Crippen molar-refractivity contribution < 1.29 is 19.1 Å². The third-order valence-corrected chi connectivity index (χ3v) is 4.45. The number of nitrogens with one attached hydrogen (secondary N) is 2. The SMILES string of the molecule is COCCOc1ccccc1C(=O)NC(=S)Nc1ccc(CCC(=O)N(C)C)cc1. The fourth-order valence-electron chi connectivity index (χ4n) is 2.58. The number of hydrogen-bond donors (Lipinski definition) is 2. The number of aryl methyl sites for hydroxylation is 1. The smallest absolute Gasteiger partial charge is 0.261 e. The van der Waals surface area contributed by atoms with Gasteiger partial charge in [-0.2, -0.15) is 0 Å². The first-order chi connectivity index (χ1) is 14.4. The lowest BCUT2D eigenvalue weighted by Gasteiger charge is -2.13. The molecule has 0 aliphatic heterocycles. The lowest BCUT2D eigenvalue weighted by molar-refractivity contribution is -0.128. The number of hydrogen-bond acceptors (Lipinski definition) is 5. The van der Waals surface area contributed by atoms with E-state index in [1.54, 1.807) is 50.4 Å². The Bertz CT molecular complexity index is 869. The lowest BCUT2D eigenvalue weighted by Crippen LogP contribution is -2.34. The summed E-state index contributed by atoms with van der Waals surface area (Å²) in [6, 6.07) is 14.5. The van der Waals surface area contributed by atoms with Crippen molar-refractivity contribution in [1.29, 1.82) is 0 Å². The molecule has 2 amide bonds. The molecule has 0 unspecified atom stereocenters. The van der Waals surface area contributed by atoms with Gasteiger partial charge >= 0.3 is 0 Å². The van der Waals surface area contributed by atoms with Crippen LogP contribution in [0.25, 0.3) is 0 Å². The first-order valence-corrected chi connectivity index (χ1v) is 9.93. The summed E-state index contributed by atoms with van der Waals surface area (Å²) in [5.41, 5.74) is 2.18. The number of nitrogens with zero attached hydrogens (tertiary/aromatic N) is 1. The molecule has 0 heterocycles. The Balaban J connectivity index is 1.90. The molecule has 0 saturated carbocycles. The Morgan fingerprint density at radius 2 is 1.73 bits per heavy atom. The number of ether oxygens (including phenoxy) is 2. The van der Waals surface area contributed by atoms with Crippen LogP contribution < -0.4 is 15.4 Å². The Kier molecular flexibility index (Phi) is 9.24. The van der Waals surface area contributed by atoms with Crippen molar-refractivity contribution in [2.45, 2.75) is 12.8 Å². The Morgan fingerprint density at radius 1 is 1.03 bits per heavy atom. The number of amides is 2. The molecule has 0 saturated heterocycles. The molecule has 0 fully saturated rings. The number of carbonyl (C=O) groups excluding carboxylic acids is 2. The molecule has 0 radical (unpaired) electrons. The van der Waals surface area contributed by atoms with Crippen molar-refractivity contribution in [3.63, 3.8) is 0 Å². The van der Waals surface area contributed by atoms with Gasteiger partial charge in [0.15, 0.2) is 5.11 Å². The summed E-state index contributed by atoms with van der Waals surface area (Å²) in [5, 5.41) is 5.83. The second kappa shape index (κ2) is 11.9. The first kappa shape index (κ1) is 23.3. The van der Waals surface area contributed by atoms with E-state index in [-0.39, 0.29) is 16.9 Å². The van der Waals surface area contributed by atoms with Gasteiger partial charge in [-0.1, -0.05) is 24.3 Å². The van der Waals surface area contributed by atoms with Crippen LogP contribution in [0.5, 0.6) is 5.75 Å². The maximum Gasteiger partial charge on any atom is 0.261 e. The molecule has 0 aliphatic rings. The van der Waals surface area contributed by atoms with Crippen LogP contribution in [0.3, 0.4) is 0 Å². The molecule has 0 atom stereocenters. The van der Waals surface area contributed by atoms with Crippen molar-refractivity contribution in [2.24, 2.45) is 0 Å². The number of carbonyl (C=O) groups is 2. The topological polar surface area (TPSA) is 79.9 Å². The normalized spacial score (nSPS) is 10.2. The number of benzene rings is 2. The van der Waals surface area contributed by atoms with Crippen LogP contribution >= 0.6 is 12.2 Å². The first-order valence-electron chi connectivity index (χ1n) is 9.53.